The number of pyridine rings is 1. The van der Waals surface area contributed by atoms with Crippen molar-refractivity contribution >= 4 is 10.0 Å². The van der Waals surface area contributed by atoms with Crippen LogP contribution in [0.5, 0.6) is 0 Å². The Balaban J connectivity index is 1.60. The van der Waals surface area contributed by atoms with Gasteiger partial charge in [-0.25, -0.2) is 8.42 Å². The fraction of sp³-hybridized carbons (Fsp3) is 0.227. The van der Waals surface area contributed by atoms with Gasteiger partial charge in [-0.2, -0.15) is 4.31 Å². The molecule has 0 saturated heterocycles. The highest BCUT2D eigenvalue weighted by Gasteiger charge is 2.31. The largest absolute Gasteiger partial charge is 0.382 e. The molecule has 1 atom stereocenters. The molecule has 1 aromatic heterocycles. The Labute approximate surface area is 165 Å². The van der Waals surface area contributed by atoms with E-state index in [4.69, 9.17) is 0 Å². The topological polar surface area (TPSA) is 70.5 Å². The van der Waals surface area contributed by atoms with Gasteiger partial charge in [0.1, 0.15) is 6.10 Å². The second-order valence-corrected chi connectivity index (χ2v) is 9.22. The highest BCUT2D eigenvalue weighted by molar-refractivity contribution is 7.89. The maximum absolute atomic E-state index is 12.9. The number of benzene rings is 2. The number of aliphatic hydroxyl groups excluding tert-OH is 1. The SMILES string of the molecule is Cc1ccc(S(=O)(=O)N2Cc3cnc([C@H](O)c4cccc(C)c4)cc3C2)cc1. The predicted molar refractivity (Wildman–Crippen MR) is 107 cm³/mol. The van der Waals surface area contributed by atoms with E-state index in [2.05, 4.69) is 4.98 Å². The summed E-state index contributed by atoms with van der Waals surface area (Å²) < 4.78 is 27.3. The first-order valence-corrected chi connectivity index (χ1v) is 10.6. The molecule has 2 heterocycles. The maximum atomic E-state index is 12.9. The number of sulfonamides is 1. The van der Waals surface area contributed by atoms with Crippen LogP contribution in [0, 0.1) is 13.8 Å². The molecule has 1 aliphatic heterocycles. The van der Waals surface area contributed by atoms with E-state index in [0.29, 0.717) is 17.1 Å². The van der Waals surface area contributed by atoms with Crippen LogP contribution >= 0.6 is 0 Å². The molecule has 0 unspecified atom stereocenters. The summed E-state index contributed by atoms with van der Waals surface area (Å²) in [5.41, 5.74) is 5.13. The maximum Gasteiger partial charge on any atom is 0.243 e. The molecule has 0 radical (unpaired) electrons. The van der Waals surface area contributed by atoms with Gasteiger partial charge in [0, 0.05) is 19.3 Å². The molecule has 0 aliphatic carbocycles. The first kappa shape index (κ1) is 18.8. The van der Waals surface area contributed by atoms with Crippen molar-refractivity contribution in [3.05, 3.63) is 94.3 Å². The Bertz CT molecular complexity index is 1120. The number of hydrogen-bond donors (Lipinski definition) is 1. The van der Waals surface area contributed by atoms with Crippen LogP contribution in [0.25, 0.3) is 0 Å². The molecule has 2 aromatic carbocycles. The van der Waals surface area contributed by atoms with Crippen molar-refractivity contribution in [3.8, 4) is 0 Å². The normalized spacial score (nSPS) is 15.4. The third kappa shape index (κ3) is 3.46. The fourth-order valence-electron chi connectivity index (χ4n) is 3.46. The molecule has 0 amide bonds. The molecule has 1 aliphatic rings. The minimum atomic E-state index is -3.57. The van der Waals surface area contributed by atoms with E-state index in [1.54, 1.807) is 30.5 Å². The van der Waals surface area contributed by atoms with Crippen molar-refractivity contribution in [2.75, 3.05) is 0 Å². The van der Waals surface area contributed by atoms with E-state index in [0.717, 1.165) is 27.8 Å². The molecule has 0 saturated carbocycles. The molecule has 5 nitrogen and oxygen atoms in total. The fourth-order valence-corrected chi connectivity index (χ4v) is 4.86. The van der Waals surface area contributed by atoms with Gasteiger partial charge in [0.15, 0.2) is 0 Å². The van der Waals surface area contributed by atoms with Crippen LogP contribution in [-0.4, -0.2) is 22.8 Å². The highest BCUT2D eigenvalue weighted by Crippen LogP contribution is 2.31. The van der Waals surface area contributed by atoms with Gasteiger partial charge in [-0.15, -0.1) is 0 Å². The second kappa shape index (κ2) is 7.13. The Morgan fingerprint density at radius 2 is 1.68 bits per heavy atom. The van der Waals surface area contributed by atoms with Gasteiger partial charge in [0.25, 0.3) is 0 Å². The molecule has 4 rings (SSSR count). The Morgan fingerprint density at radius 1 is 0.964 bits per heavy atom. The van der Waals surface area contributed by atoms with Crippen molar-refractivity contribution < 1.29 is 13.5 Å². The smallest absolute Gasteiger partial charge is 0.243 e. The van der Waals surface area contributed by atoms with E-state index in [1.165, 1.54) is 4.31 Å². The first-order chi connectivity index (χ1) is 13.3. The minimum absolute atomic E-state index is 0.279. The Kier molecular flexibility index (Phi) is 4.79. The molecule has 1 N–H and O–H groups in total. The zero-order valence-electron chi connectivity index (χ0n) is 15.8. The minimum Gasteiger partial charge on any atom is -0.382 e. The number of fused-ring (bicyclic) bond motifs is 1. The molecule has 0 spiro atoms. The molecule has 0 fully saturated rings. The van der Waals surface area contributed by atoms with Crippen LogP contribution < -0.4 is 0 Å². The van der Waals surface area contributed by atoms with Gasteiger partial charge in [-0.3, -0.25) is 4.98 Å². The summed E-state index contributed by atoms with van der Waals surface area (Å²) in [4.78, 5) is 4.68. The quantitative estimate of drug-likeness (QED) is 0.735. The first-order valence-electron chi connectivity index (χ1n) is 9.14. The summed E-state index contributed by atoms with van der Waals surface area (Å²) in [6.07, 6.45) is 0.835. The summed E-state index contributed by atoms with van der Waals surface area (Å²) in [6, 6.07) is 16.3. The zero-order chi connectivity index (χ0) is 19.9. The lowest BCUT2D eigenvalue weighted by Crippen LogP contribution is -2.25. The number of aryl methyl sites for hydroxylation is 2. The number of nitrogens with zero attached hydrogens (tertiary/aromatic N) is 2. The third-order valence-electron chi connectivity index (χ3n) is 5.09. The number of aromatic nitrogens is 1. The second-order valence-electron chi connectivity index (χ2n) is 7.28. The van der Waals surface area contributed by atoms with Crippen LogP contribution in [0.15, 0.2) is 65.7 Å². The number of aliphatic hydroxyl groups is 1. The molecule has 6 heteroatoms. The van der Waals surface area contributed by atoms with Crippen LogP contribution in [0.3, 0.4) is 0 Å². The van der Waals surface area contributed by atoms with Gasteiger partial charge in [-0.1, -0.05) is 47.5 Å². The van der Waals surface area contributed by atoms with Crippen LogP contribution in [-0.2, 0) is 23.1 Å². The highest BCUT2D eigenvalue weighted by atomic mass is 32.2. The molecular formula is C22H22N2O3S. The van der Waals surface area contributed by atoms with Gasteiger partial charge in [0.2, 0.25) is 10.0 Å². The lowest BCUT2D eigenvalue weighted by Gasteiger charge is -2.15. The van der Waals surface area contributed by atoms with Gasteiger partial charge in [0.05, 0.1) is 10.6 Å². The lowest BCUT2D eigenvalue weighted by atomic mass is 10.0. The lowest BCUT2D eigenvalue weighted by molar-refractivity contribution is 0.215. The molecule has 0 bridgehead atoms. The summed E-state index contributed by atoms with van der Waals surface area (Å²) in [5.74, 6) is 0. The third-order valence-corrected chi connectivity index (χ3v) is 6.90. The van der Waals surface area contributed by atoms with E-state index in [1.807, 2.05) is 44.2 Å². The number of hydrogen-bond acceptors (Lipinski definition) is 4. The van der Waals surface area contributed by atoms with Crippen molar-refractivity contribution in [2.24, 2.45) is 0 Å². The summed E-state index contributed by atoms with van der Waals surface area (Å²) in [6.45, 7) is 4.47. The Morgan fingerprint density at radius 3 is 2.39 bits per heavy atom. The average molecular weight is 394 g/mol. The standard InChI is InChI=1S/C22H22N2O3S/c1-15-6-8-20(9-7-15)28(26,27)24-13-18-11-21(23-12-19(18)14-24)22(25)17-5-3-4-16(2)10-17/h3-12,22,25H,13-14H2,1-2H3/t22-/m1/s1. The van der Waals surface area contributed by atoms with Crippen LogP contribution in [0.4, 0.5) is 0 Å². The average Bonchev–Trinajstić information content (AvgIpc) is 3.12. The van der Waals surface area contributed by atoms with Crippen molar-refractivity contribution in [1.82, 2.24) is 9.29 Å². The van der Waals surface area contributed by atoms with Crippen molar-refractivity contribution in [3.63, 3.8) is 0 Å². The summed E-state index contributed by atoms with van der Waals surface area (Å²) in [7, 11) is -3.57. The van der Waals surface area contributed by atoms with E-state index >= 15 is 0 Å². The molecule has 28 heavy (non-hydrogen) atoms. The van der Waals surface area contributed by atoms with E-state index < -0.39 is 16.1 Å². The Hall–Kier alpha value is -2.54. The van der Waals surface area contributed by atoms with Gasteiger partial charge in [-0.05, 0) is 48.7 Å². The zero-order valence-corrected chi connectivity index (χ0v) is 16.6. The predicted octanol–water partition coefficient (Wildman–Crippen LogP) is 3.48. The van der Waals surface area contributed by atoms with E-state index in [-0.39, 0.29) is 6.54 Å². The van der Waals surface area contributed by atoms with Crippen LogP contribution in [0.2, 0.25) is 0 Å². The van der Waals surface area contributed by atoms with Gasteiger partial charge >= 0.3 is 0 Å². The molecule has 3 aromatic rings. The monoisotopic (exact) mass is 394 g/mol. The van der Waals surface area contributed by atoms with Crippen molar-refractivity contribution in [1.29, 1.82) is 0 Å². The summed E-state index contributed by atoms with van der Waals surface area (Å²) >= 11 is 0. The summed E-state index contributed by atoms with van der Waals surface area (Å²) in [5, 5.41) is 10.7. The molecule has 144 valence electrons. The van der Waals surface area contributed by atoms with E-state index in [9.17, 15) is 13.5 Å². The van der Waals surface area contributed by atoms with Crippen molar-refractivity contribution in [2.45, 2.75) is 37.9 Å². The van der Waals surface area contributed by atoms with Gasteiger partial charge < -0.3 is 5.11 Å². The molecular weight excluding hydrogens is 372 g/mol. The van der Waals surface area contributed by atoms with Crippen LogP contribution in [0.1, 0.15) is 39.6 Å². The number of rotatable bonds is 4.